The third-order valence-electron chi connectivity index (χ3n) is 4.57. The molecule has 0 saturated heterocycles. The van der Waals surface area contributed by atoms with E-state index >= 15 is 0 Å². The molecular weight excluding hydrogens is 338 g/mol. The first-order valence-corrected chi connectivity index (χ1v) is 9.34. The molecule has 0 unspecified atom stereocenters. The molecule has 0 heterocycles. The Kier molecular flexibility index (Phi) is 8.01. The highest BCUT2D eigenvalue weighted by Crippen LogP contribution is 2.12. The fourth-order valence-electron chi connectivity index (χ4n) is 2.60. The van der Waals surface area contributed by atoms with Crippen LogP contribution >= 0.6 is 0 Å². The van der Waals surface area contributed by atoms with E-state index in [4.69, 9.17) is 0 Å². The number of rotatable bonds is 9. The molecule has 5 nitrogen and oxygen atoms in total. The zero-order chi connectivity index (χ0) is 19.6. The van der Waals surface area contributed by atoms with Crippen LogP contribution < -0.4 is 10.6 Å². The molecular formula is C22H29N3O2. The third-order valence-corrected chi connectivity index (χ3v) is 4.57. The van der Waals surface area contributed by atoms with Gasteiger partial charge >= 0.3 is 0 Å². The largest absolute Gasteiger partial charge is 0.352 e. The minimum Gasteiger partial charge on any atom is -0.352 e. The zero-order valence-corrected chi connectivity index (χ0v) is 16.4. The summed E-state index contributed by atoms with van der Waals surface area (Å²) in [5.41, 5.74) is 2.93. The van der Waals surface area contributed by atoms with E-state index in [0.717, 1.165) is 12.1 Å². The first kappa shape index (κ1) is 20.6. The van der Waals surface area contributed by atoms with E-state index in [-0.39, 0.29) is 18.2 Å². The summed E-state index contributed by atoms with van der Waals surface area (Å²) in [5.74, 6) is -0.235. The van der Waals surface area contributed by atoms with Gasteiger partial charge in [-0.2, -0.15) is 0 Å². The molecule has 0 aliphatic rings. The van der Waals surface area contributed by atoms with Crippen molar-refractivity contribution < 1.29 is 9.59 Å². The van der Waals surface area contributed by atoms with Crippen molar-refractivity contribution in [1.29, 1.82) is 0 Å². The number of amides is 2. The summed E-state index contributed by atoms with van der Waals surface area (Å²) in [7, 11) is 2.09. The summed E-state index contributed by atoms with van der Waals surface area (Å²) in [5, 5.41) is 5.72. The maximum Gasteiger partial charge on any atom is 0.251 e. The molecule has 0 atom stereocenters. The summed E-state index contributed by atoms with van der Waals surface area (Å²) < 4.78 is 0. The molecule has 2 rings (SSSR count). The van der Waals surface area contributed by atoms with Gasteiger partial charge in [-0.05, 0) is 44.2 Å². The second kappa shape index (κ2) is 10.5. The van der Waals surface area contributed by atoms with E-state index in [9.17, 15) is 9.59 Å². The number of nitrogens with one attached hydrogen (secondary N) is 2. The molecule has 0 saturated carbocycles. The number of carbonyl (C=O) groups is 2. The molecule has 27 heavy (non-hydrogen) atoms. The average Bonchev–Trinajstić information content (AvgIpc) is 2.67. The normalized spacial score (nSPS) is 10.9. The maximum atomic E-state index is 12.1. The van der Waals surface area contributed by atoms with Gasteiger partial charge in [0.2, 0.25) is 5.91 Å². The van der Waals surface area contributed by atoms with Crippen molar-refractivity contribution >= 4 is 11.8 Å². The molecule has 0 aliphatic heterocycles. The number of nitrogens with zero attached hydrogens (tertiary/aromatic N) is 1. The van der Waals surface area contributed by atoms with E-state index in [1.54, 1.807) is 12.1 Å². The average molecular weight is 367 g/mol. The SMILES string of the molecule is CC(C)N(C)Cc1ccccc1CNC(=O)CCNC(=O)c1ccccc1. The van der Waals surface area contributed by atoms with Crippen molar-refractivity contribution in [3.8, 4) is 0 Å². The van der Waals surface area contributed by atoms with Gasteiger partial charge in [-0.15, -0.1) is 0 Å². The van der Waals surface area contributed by atoms with Crippen molar-refractivity contribution in [1.82, 2.24) is 15.5 Å². The van der Waals surface area contributed by atoms with E-state index < -0.39 is 0 Å². The number of carbonyl (C=O) groups excluding carboxylic acids is 2. The van der Waals surface area contributed by atoms with Crippen molar-refractivity contribution in [2.75, 3.05) is 13.6 Å². The highest BCUT2D eigenvalue weighted by molar-refractivity contribution is 5.94. The van der Waals surface area contributed by atoms with Gasteiger partial charge in [-0.25, -0.2) is 0 Å². The van der Waals surface area contributed by atoms with Gasteiger partial charge in [0, 0.05) is 37.7 Å². The van der Waals surface area contributed by atoms with E-state index in [2.05, 4.69) is 42.5 Å². The first-order valence-electron chi connectivity index (χ1n) is 9.34. The van der Waals surface area contributed by atoms with Crippen molar-refractivity contribution in [3.63, 3.8) is 0 Å². The van der Waals surface area contributed by atoms with Crippen LogP contribution in [0.2, 0.25) is 0 Å². The van der Waals surface area contributed by atoms with E-state index in [1.165, 1.54) is 5.56 Å². The summed E-state index contributed by atoms with van der Waals surface area (Å²) in [4.78, 5) is 26.3. The molecule has 0 spiro atoms. The molecule has 0 radical (unpaired) electrons. The summed E-state index contributed by atoms with van der Waals surface area (Å²) in [6.07, 6.45) is 0.257. The fraction of sp³-hybridized carbons (Fsp3) is 0.364. The predicted octanol–water partition coefficient (Wildman–Crippen LogP) is 2.96. The molecule has 144 valence electrons. The Hall–Kier alpha value is -2.66. The highest BCUT2D eigenvalue weighted by atomic mass is 16.2. The molecule has 0 aromatic heterocycles. The lowest BCUT2D eigenvalue weighted by Gasteiger charge is -2.22. The molecule has 0 fully saturated rings. The minimum atomic E-state index is -0.162. The van der Waals surface area contributed by atoms with Crippen LogP contribution in [0.1, 0.15) is 41.8 Å². The van der Waals surface area contributed by atoms with Crippen molar-refractivity contribution in [2.45, 2.75) is 39.4 Å². The van der Waals surface area contributed by atoms with Crippen LogP contribution in [-0.2, 0) is 17.9 Å². The lowest BCUT2D eigenvalue weighted by molar-refractivity contribution is -0.121. The van der Waals surface area contributed by atoms with Gasteiger partial charge in [0.1, 0.15) is 0 Å². The number of hydrogen-bond donors (Lipinski definition) is 2. The van der Waals surface area contributed by atoms with E-state index in [0.29, 0.717) is 24.7 Å². The second-order valence-corrected chi connectivity index (χ2v) is 6.93. The predicted molar refractivity (Wildman–Crippen MR) is 108 cm³/mol. The van der Waals surface area contributed by atoms with Gasteiger partial charge in [-0.3, -0.25) is 14.5 Å². The molecule has 0 aliphatic carbocycles. The van der Waals surface area contributed by atoms with Gasteiger partial charge < -0.3 is 10.6 Å². The summed E-state index contributed by atoms with van der Waals surface area (Å²) in [6.45, 7) is 5.98. The Labute approximate surface area is 161 Å². The van der Waals surface area contributed by atoms with Crippen LogP contribution in [-0.4, -0.2) is 36.3 Å². The standard InChI is InChI=1S/C22H29N3O2/c1-17(2)25(3)16-20-12-8-7-11-19(20)15-24-21(26)13-14-23-22(27)18-9-5-4-6-10-18/h4-12,17H,13-16H2,1-3H3,(H,23,27)(H,24,26). The Morgan fingerprint density at radius 2 is 1.56 bits per heavy atom. The van der Waals surface area contributed by atoms with Crippen LogP contribution in [0.5, 0.6) is 0 Å². The Balaban J connectivity index is 1.78. The number of benzene rings is 2. The van der Waals surface area contributed by atoms with E-state index in [1.807, 2.05) is 36.4 Å². The zero-order valence-electron chi connectivity index (χ0n) is 16.4. The lowest BCUT2D eigenvalue weighted by atomic mass is 10.1. The molecule has 5 heteroatoms. The fourth-order valence-corrected chi connectivity index (χ4v) is 2.60. The Morgan fingerprint density at radius 1 is 0.926 bits per heavy atom. The van der Waals surface area contributed by atoms with Crippen LogP contribution in [0.25, 0.3) is 0 Å². The lowest BCUT2D eigenvalue weighted by Crippen LogP contribution is -2.31. The maximum absolute atomic E-state index is 12.1. The second-order valence-electron chi connectivity index (χ2n) is 6.93. The summed E-state index contributed by atoms with van der Waals surface area (Å²) in [6, 6.07) is 17.6. The first-order chi connectivity index (χ1) is 13.0. The van der Waals surface area contributed by atoms with Gasteiger partial charge in [0.05, 0.1) is 0 Å². The van der Waals surface area contributed by atoms with Crippen LogP contribution in [0, 0.1) is 0 Å². The number of hydrogen-bond acceptors (Lipinski definition) is 3. The van der Waals surface area contributed by atoms with Crippen LogP contribution in [0.15, 0.2) is 54.6 Å². The topological polar surface area (TPSA) is 61.4 Å². The van der Waals surface area contributed by atoms with Crippen LogP contribution in [0.4, 0.5) is 0 Å². The Bertz CT molecular complexity index is 744. The monoisotopic (exact) mass is 367 g/mol. The van der Waals surface area contributed by atoms with Gasteiger partial charge in [0.25, 0.3) is 5.91 Å². The summed E-state index contributed by atoms with van der Waals surface area (Å²) >= 11 is 0. The molecule has 2 amide bonds. The minimum absolute atomic E-state index is 0.0737. The van der Waals surface area contributed by atoms with Gasteiger partial charge in [-0.1, -0.05) is 42.5 Å². The Morgan fingerprint density at radius 3 is 2.22 bits per heavy atom. The molecule has 0 bridgehead atoms. The molecule has 2 N–H and O–H groups in total. The van der Waals surface area contributed by atoms with Crippen LogP contribution in [0.3, 0.4) is 0 Å². The molecule has 2 aromatic carbocycles. The molecule has 2 aromatic rings. The van der Waals surface area contributed by atoms with Gasteiger partial charge in [0.15, 0.2) is 0 Å². The van der Waals surface area contributed by atoms with Crippen molar-refractivity contribution in [2.24, 2.45) is 0 Å². The van der Waals surface area contributed by atoms with Crippen molar-refractivity contribution in [3.05, 3.63) is 71.3 Å². The third kappa shape index (κ3) is 6.87. The highest BCUT2D eigenvalue weighted by Gasteiger charge is 2.10. The smallest absolute Gasteiger partial charge is 0.251 e. The quantitative estimate of drug-likeness (QED) is 0.716.